The first-order valence-electron chi connectivity index (χ1n) is 11.7. The normalized spacial score (nSPS) is 26.2. The number of guanidine groups is 1. The van der Waals surface area contributed by atoms with Crippen LogP contribution < -0.4 is 10.6 Å². The quantitative estimate of drug-likeness (QED) is 0.520. The number of ether oxygens (including phenoxy) is 1. The van der Waals surface area contributed by atoms with Gasteiger partial charge in [-0.1, -0.05) is 19.3 Å². The van der Waals surface area contributed by atoms with Gasteiger partial charge in [-0.2, -0.15) is 0 Å². The van der Waals surface area contributed by atoms with Gasteiger partial charge in [0.2, 0.25) is 5.91 Å². The largest absolute Gasteiger partial charge is 0.379 e. The number of carbonyl (C=O) groups is 1. The van der Waals surface area contributed by atoms with E-state index in [2.05, 4.69) is 32.3 Å². The number of rotatable bonds is 6. The fourth-order valence-electron chi connectivity index (χ4n) is 5.22. The van der Waals surface area contributed by atoms with Crippen LogP contribution in [0.15, 0.2) is 4.99 Å². The third-order valence-corrected chi connectivity index (χ3v) is 7.03. The lowest BCUT2D eigenvalue weighted by Gasteiger charge is -2.48. The molecule has 2 saturated heterocycles. The maximum Gasteiger partial charge on any atom is 0.224 e. The highest BCUT2D eigenvalue weighted by molar-refractivity contribution is 5.81. The van der Waals surface area contributed by atoms with Crippen molar-refractivity contribution in [2.75, 3.05) is 53.0 Å². The number of aliphatic imine (C=N–C) groups is 1. The van der Waals surface area contributed by atoms with Crippen molar-refractivity contribution in [1.82, 2.24) is 20.4 Å². The minimum absolute atomic E-state index is 0.207. The molecular formula is C22H41N5O2. The van der Waals surface area contributed by atoms with E-state index in [0.29, 0.717) is 19.0 Å². The van der Waals surface area contributed by atoms with Crippen molar-refractivity contribution >= 4 is 11.9 Å². The number of nitrogens with zero attached hydrogens (tertiary/aromatic N) is 3. The van der Waals surface area contributed by atoms with Crippen LogP contribution in [-0.2, 0) is 9.53 Å². The van der Waals surface area contributed by atoms with E-state index in [1.807, 2.05) is 7.05 Å². The van der Waals surface area contributed by atoms with Gasteiger partial charge < -0.3 is 20.3 Å². The maximum absolute atomic E-state index is 12.5. The van der Waals surface area contributed by atoms with E-state index in [0.717, 1.165) is 58.2 Å². The fraction of sp³-hybridized carbons (Fsp3) is 0.909. The summed E-state index contributed by atoms with van der Waals surface area (Å²) in [6, 6.07) is 0.383. The average molecular weight is 408 g/mol. The number of piperidine rings is 1. The van der Waals surface area contributed by atoms with Crippen LogP contribution in [0.1, 0.15) is 64.7 Å². The Morgan fingerprint density at radius 2 is 1.83 bits per heavy atom. The molecule has 0 bridgehead atoms. The predicted molar refractivity (Wildman–Crippen MR) is 117 cm³/mol. The summed E-state index contributed by atoms with van der Waals surface area (Å²) in [5.41, 5.74) is 0.207. The molecule has 2 N–H and O–H groups in total. The van der Waals surface area contributed by atoms with Crippen molar-refractivity contribution in [3.05, 3.63) is 0 Å². The molecule has 0 aromatic heterocycles. The van der Waals surface area contributed by atoms with Crippen LogP contribution in [0.25, 0.3) is 0 Å². The molecule has 3 aliphatic rings. The smallest absolute Gasteiger partial charge is 0.224 e. The second-order valence-corrected chi connectivity index (χ2v) is 8.92. The van der Waals surface area contributed by atoms with Crippen LogP contribution in [0.5, 0.6) is 0 Å². The van der Waals surface area contributed by atoms with Crippen molar-refractivity contribution < 1.29 is 9.53 Å². The number of nitrogens with one attached hydrogen (secondary N) is 2. The molecule has 3 fully saturated rings. The van der Waals surface area contributed by atoms with Gasteiger partial charge in [0.05, 0.1) is 13.2 Å². The highest BCUT2D eigenvalue weighted by Gasteiger charge is 2.38. The van der Waals surface area contributed by atoms with Crippen molar-refractivity contribution in [3.63, 3.8) is 0 Å². The highest BCUT2D eigenvalue weighted by Crippen LogP contribution is 2.33. The van der Waals surface area contributed by atoms with Crippen molar-refractivity contribution in [2.45, 2.75) is 76.3 Å². The van der Waals surface area contributed by atoms with Gasteiger partial charge in [0, 0.05) is 57.8 Å². The first kappa shape index (κ1) is 22.3. The van der Waals surface area contributed by atoms with E-state index in [4.69, 9.17) is 4.74 Å². The third kappa shape index (κ3) is 6.07. The SMILES string of the molecule is CN=C(NCCC(=O)N1CCCCC1C)NCC1(N2CCOCC2)CCCCC1. The van der Waals surface area contributed by atoms with Crippen LogP contribution in [0.3, 0.4) is 0 Å². The Labute approximate surface area is 176 Å². The van der Waals surface area contributed by atoms with E-state index in [1.54, 1.807) is 0 Å². The number of hydrogen-bond donors (Lipinski definition) is 2. The Morgan fingerprint density at radius 1 is 1.07 bits per heavy atom. The topological polar surface area (TPSA) is 69.2 Å². The van der Waals surface area contributed by atoms with Crippen LogP contribution in [0, 0.1) is 0 Å². The first-order valence-corrected chi connectivity index (χ1v) is 11.7. The van der Waals surface area contributed by atoms with E-state index in [9.17, 15) is 4.79 Å². The van der Waals surface area contributed by atoms with E-state index >= 15 is 0 Å². The van der Waals surface area contributed by atoms with Gasteiger partial charge in [-0.15, -0.1) is 0 Å². The molecule has 166 valence electrons. The first-order chi connectivity index (χ1) is 14.1. The zero-order valence-corrected chi connectivity index (χ0v) is 18.5. The second kappa shape index (κ2) is 11.2. The summed E-state index contributed by atoms with van der Waals surface area (Å²) >= 11 is 0. The van der Waals surface area contributed by atoms with E-state index < -0.39 is 0 Å². The van der Waals surface area contributed by atoms with Crippen LogP contribution in [0.2, 0.25) is 0 Å². The average Bonchev–Trinajstić information content (AvgIpc) is 2.77. The number of hydrogen-bond acceptors (Lipinski definition) is 4. The van der Waals surface area contributed by atoms with Crippen molar-refractivity contribution in [1.29, 1.82) is 0 Å². The lowest BCUT2D eigenvalue weighted by atomic mass is 9.80. The Balaban J connectivity index is 1.46. The standard InChI is InChI=1S/C22H41N5O2/c1-19-8-4-7-13-27(19)20(28)9-12-24-21(23-2)25-18-22(10-5-3-6-11-22)26-14-16-29-17-15-26/h19H,3-18H2,1-2H3,(H2,23,24,25). The van der Waals surface area contributed by atoms with E-state index in [-0.39, 0.29) is 11.4 Å². The number of likely N-dealkylation sites (tertiary alicyclic amines) is 1. The van der Waals surface area contributed by atoms with Crippen LogP contribution in [-0.4, -0.2) is 86.2 Å². The summed E-state index contributed by atoms with van der Waals surface area (Å²) in [4.78, 5) is 21.6. The van der Waals surface area contributed by atoms with Crippen LogP contribution >= 0.6 is 0 Å². The van der Waals surface area contributed by atoms with Gasteiger partial charge in [-0.3, -0.25) is 14.7 Å². The van der Waals surface area contributed by atoms with Gasteiger partial charge >= 0.3 is 0 Å². The Bertz CT molecular complexity index is 541. The monoisotopic (exact) mass is 407 g/mol. The maximum atomic E-state index is 12.5. The zero-order valence-electron chi connectivity index (χ0n) is 18.5. The number of morpholine rings is 1. The summed E-state index contributed by atoms with van der Waals surface area (Å²) < 4.78 is 5.58. The fourth-order valence-corrected chi connectivity index (χ4v) is 5.22. The van der Waals surface area contributed by atoms with Crippen LogP contribution in [0.4, 0.5) is 0 Å². The third-order valence-electron chi connectivity index (χ3n) is 7.03. The minimum Gasteiger partial charge on any atom is -0.379 e. The summed E-state index contributed by atoms with van der Waals surface area (Å²) in [7, 11) is 1.81. The molecule has 1 aliphatic carbocycles. The number of carbonyl (C=O) groups excluding carboxylic acids is 1. The van der Waals surface area contributed by atoms with Crippen molar-refractivity contribution in [3.8, 4) is 0 Å². The molecule has 1 saturated carbocycles. The van der Waals surface area contributed by atoms with Gasteiger partial charge in [-0.25, -0.2) is 0 Å². The molecule has 0 aromatic carbocycles. The molecule has 29 heavy (non-hydrogen) atoms. The molecule has 7 nitrogen and oxygen atoms in total. The Hall–Kier alpha value is -1.34. The van der Waals surface area contributed by atoms with Gasteiger partial charge in [0.25, 0.3) is 0 Å². The lowest BCUT2D eigenvalue weighted by Crippen LogP contribution is -2.60. The van der Waals surface area contributed by atoms with E-state index in [1.165, 1.54) is 38.5 Å². The summed E-state index contributed by atoms with van der Waals surface area (Å²) in [6.45, 7) is 8.34. The molecule has 7 heteroatoms. The molecule has 1 amide bonds. The molecular weight excluding hydrogens is 366 g/mol. The molecule has 1 atom stereocenters. The Morgan fingerprint density at radius 3 is 2.52 bits per heavy atom. The molecule has 0 aromatic rings. The highest BCUT2D eigenvalue weighted by atomic mass is 16.5. The van der Waals surface area contributed by atoms with Gasteiger partial charge in [0.1, 0.15) is 0 Å². The minimum atomic E-state index is 0.207. The molecule has 1 unspecified atom stereocenters. The summed E-state index contributed by atoms with van der Waals surface area (Å²) in [6.07, 6.45) is 10.5. The van der Waals surface area contributed by atoms with Gasteiger partial charge in [0.15, 0.2) is 5.96 Å². The summed E-state index contributed by atoms with van der Waals surface area (Å²) in [5, 5.41) is 6.93. The predicted octanol–water partition coefficient (Wildman–Crippen LogP) is 1.98. The molecule has 0 radical (unpaired) electrons. The van der Waals surface area contributed by atoms with Gasteiger partial charge in [-0.05, 0) is 39.0 Å². The van der Waals surface area contributed by atoms with Crippen molar-refractivity contribution in [2.24, 2.45) is 4.99 Å². The Kier molecular flexibility index (Phi) is 8.60. The zero-order chi connectivity index (χ0) is 20.5. The summed E-state index contributed by atoms with van der Waals surface area (Å²) in [5.74, 6) is 1.07. The molecule has 3 rings (SSSR count). The number of amides is 1. The lowest BCUT2D eigenvalue weighted by molar-refractivity contribution is -0.134. The second-order valence-electron chi connectivity index (χ2n) is 8.92. The molecule has 2 heterocycles. The molecule has 2 aliphatic heterocycles. The molecule has 0 spiro atoms.